The van der Waals surface area contributed by atoms with Crippen molar-refractivity contribution in [3.63, 3.8) is 0 Å². The second-order valence-corrected chi connectivity index (χ2v) is 6.50. The minimum atomic E-state index is -2.50. The molecule has 0 aliphatic heterocycles. The van der Waals surface area contributed by atoms with E-state index in [1.165, 1.54) is 12.1 Å². The Balaban J connectivity index is 2.78. The molecule has 1 aromatic heterocycles. The summed E-state index contributed by atoms with van der Waals surface area (Å²) in [6.45, 7) is 2.28. The summed E-state index contributed by atoms with van der Waals surface area (Å²) >= 11 is 0. The minimum Gasteiger partial charge on any atom is -0.201 e. The molecule has 2 aromatic rings. The van der Waals surface area contributed by atoms with Crippen molar-refractivity contribution in [2.24, 2.45) is 12.5 Å². The van der Waals surface area contributed by atoms with Gasteiger partial charge in [-0.3, -0.25) is 0 Å². The molecule has 0 radical (unpaired) electrons. The molecule has 0 amide bonds. The Kier molecular flexibility index (Phi) is 2.18. The summed E-state index contributed by atoms with van der Waals surface area (Å²) in [4.78, 5) is 0. The van der Waals surface area contributed by atoms with Gasteiger partial charge in [-0.15, -0.1) is 0 Å². The Hall–Kier alpha value is -1.63. The molecule has 0 spiro atoms. The molecule has 0 bridgehead atoms. The standard InChI is InChI=1S/C20H28N/c1-14-8-9-18(16(3)10-14)19-11-15(2)17(13-21(19)7)12-20(4,5)6/h8-11,13H,12H2,1-7H3/q+1/i1D3,2D3,12D2. The van der Waals surface area contributed by atoms with E-state index in [0.29, 0.717) is 16.8 Å². The lowest BCUT2D eigenvalue weighted by Gasteiger charge is -2.19. The Morgan fingerprint density at radius 1 is 1.14 bits per heavy atom. The normalized spacial score (nSPS) is 19.3. The predicted octanol–water partition coefficient (Wildman–Crippen LogP) is 4.69. The molecule has 0 atom stereocenters. The third-order valence-corrected chi connectivity index (χ3v) is 3.29. The molecule has 2 rings (SSSR count). The van der Waals surface area contributed by atoms with Gasteiger partial charge < -0.3 is 0 Å². The number of aromatic nitrogens is 1. The summed E-state index contributed by atoms with van der Waals surface area (Å²) in [7, 11) is 1.73. The van der Waals surface area contributed by atoms with E-state index >= 15 is 0 Å². The fourth-order valence-corrected chi connectivity index (χ4v) is 2.37. The van der Waals surface area contributed by atoms with Gasteiger partial charge in [-0.2, -0.15) is 0 Å². The molecule has 0 unspecified atom stereocenters. The van der Waals surface area contributed by atoms with Gasteiger partial charge in [0.15, 0.2) is 6.20 Å². The second kappa shape index (κ2) is 5.63. The van der Waals surface area contributed by atoms with E-state index in [2.05, 4.69) is 0 Å². The van der Waals surface area contributed by atoms with Crippen molar-refractivity contribution in [1.82, 2.24) is 0 Å². The van der Waals surface area contributed by atoms with E-state index in [4.69, 9.17) is 11.0 Å². The van der Waals surface area contributed by atoms with Crippen molar-refractivity contribution >= 4 is 0 Å². The number of aryl methyl sites for hydroxylation is 4. The summed E-state index contributed by atoms with van der Waals surface area (Å²) in [5, 5.41) is 0. The molecular weight excluding hydrogens is 254 g/mol. The quantitative estimate of drug-likeness (QED) is 0.706. The summed E-state index contributed by atoms with van der Waals surface area (Å²) in [6.07, 6.45) is -0.327. The monoisotopic (exact) mass is 290 g/mol. The average Bonchev–Trinajstić information content (AvgIpc) is 2.51. The van der Waals surface area contributed by atoms with Gasteiger partial charge >= 0.3 is 0 Å². The molecule has 0 N–H and O–H groups in total. The number of nitrogens with zero attached hydrogens (tertiary/aromatic N) is 1. The first kappa shape index (κ1) is 8.12. The molecule has 0 fully saturated rings. The first-order valence-corrected chi connectivity index (χ1v) is 7.03. The van der Waals surface area contributed by atoms with Crippen molar-refractivity contribution in [3.8, 4) is 11.3 Å². The van der Waals surface area contributed by atoms with Crippen molar-refractivity contribution in [1.29, 1.82) is 0 Å². The van der Waals surface area contributed by atoms with Gasteiger partial charge in [-0.1, -0.05) is 38.5 Å². The van der Waals surface area contributed by atoms with Crippen LogP contribution in [0.15, 0.2) is 30.5 Å². The fourth-order valence-electron chi connectivity index (χ4n) is 2.37. The van der Waals surface area contributed by atoms with Crippen LogP contribution in [-0.4, -0.2) is 0 Å². The van der Waals surface area contributed by atoms with Crippen LogP contribution >= 0.6 is 0 Å². The second-order valence-electron chi connectivity index (χ2n) is 6.50. The Morgan fingerprint density at radius 2 is 1.90 bits per heavy atom. The molecule has 0 saturated heterocycles. The Labute approximate surface area is 140 Å². The molecule has 0 aliphatic rings. The van der Waals surface area contributed by atoms with Gasteiger partial charge in [0.05, 0.1) is 0 Å². The van der Waals surface area contributed by atoms with E-state index in [-0.39, 0.29) is 16.7 Å². The summed E-state index contributed by atoms with van der Waals surface area (Å²) in [6, 6.07) is 6.28. The first-order valence-electron chi connectivity index (χ1n) is 11.0. The topological polar surface area (TPSA) is 3.88 Å². The van der Waals surface area contributed by atoms with E-state index in [0.717, 1.165) is 0 Å². The molecule has 112 valence electrons. The van der Waals surface area contributed by atoms with E-state index in [9.17, 15) is 0 Å². The van der Waals surface area contributed by atoms with Crippen molar-refractivity contribution < 1.29 is 15.5 Å². The highest BCUT2D eigenvalue weighted by Gasteiger charge is 2.19. The van der Waals surface area contributed by atoms with Crippen molar-refractivity contribution in [2.75, 3.05) is 0 Å². The van der Waals surface area contributed by atoms with Crippen LogP contribution in [0.2, 0.25) is 0 Å². The van der Waals surface area contributed by atoms with Crippen LogP contribution in [0.25, 0.3) is 11.3 Å². The summed E-state index contributed by atoms with van der Waals surface area (Å²) in [5.74, 6) is 0. The van der Waals surface area contributed by atoms with Gasteiger partial charge in [0.2, 0.25) is 5.69 Å². The molecule has 1 heteroatoms. The SMILES string of the molecule is [2H]C([2H])([2H])c1ccc(-c2cc(C([2H])([2H])[2H])c(C([2H])([2H])C(C)(C)C)c[n+]2C)c(C)c1. The number of hydrogen-bond acceptors (Lipinski definition) is 0. The molecule has 1 aromatic carbocycles. The molecule has 1 nitrogen and oxygen atoms in total. The van der Waals surface area contributed by atoms with Crippen LogP contribution in [0.4, 0.5) is 0 Å². The smallest absolute Gasteiger partial charge is 0.201 e. The van der Waals surface area contributed by atoms with Crippen LogP contribution < -0.4 is 4.57 Å². The zero-order chi connectivity index (χ0) is 22.6. The van der Waals surface area contributed by atoms with Gasteiger partial charge in [0.1, 0.15) is 7.05 Å². The Morgan fingerprint density at radius 3 is 2.48 bits per heavy atom. The largest absolute Gasteiger partial charge is 0.212 e. The van der Waals surface area contributed by atoms with Gasteiger partial charge in [-0.25, -0.2) is 4.57 Å². The third-order valence-electron chi connectivity index (χ3n) is 3.29. The number of hydrogen-bond donors (Lipinski definition) is 0. The number of pyridine rings is 1. The van der Waals surface area contributed by atoms with E-state index in [1.807, 2.05) is 0 Å². The van der Waals surface area contributed by atoms with Gasteiger partial charge in [0, 0.05) is 28.2 Å². The molecule has 1 heterocycles. The van der Waals surface area contributed by atoms with E-state index < -0.39 is 25.5 Å². The zero-order valence-corrected chi connectivity index (χ0v) is 13.3. The van der Waals surface area contributed by atoms with Crippen molar-refractivity contribution in [3.05, 3.63) is 52.7 Å². The lowest BCUT2D eigenvalue weighted by atomic mass is 9.87. The van der Waals surface area contributed by atoms with Gasteiger partial charge in [0.25, 0.3) is 0 Å². The maximum absolute atomic E-state index is 8.59. The maximum atomic E-state index is 8.59. The van der Waals surface area contributed by atoms with Crippen LogP contribution in [0.3, 0.4) is 0 Å². The van der Waals surface area contributed by atoms with Crippen LogP contribution in [-0.2, 0) is 13.4 Å². The first-order chi connectivity index (χ1) is 12.9. The maximum Gasteiger partial charge on any atom is 0.212 e. The molecule has 0 saturated carbocycles. The lowest BCUT2D eigenvalue weighted by molar-refractivity contribution is -0.660. The molecular formula is C20H28N+. The number of rotatable bonds is 2. The van der Waals surface area contributed by atoms with Crippen molar-refractivity contribution in [2.45, 2.75) is 47.8 Å². The predicted molar refractivity (Wildman–Crippen MR) is 90.4 cm³/mol. The zero-order valence-electron chi connectivity index (χ0n) is 21.3. The highest BCUT2D eigenvalue weighted by atomic mass is 14.9. The summed E-state index contributed by atoms with van der Waals surface area (Å²) in [5.41, 5.74) is 1.50. The van der Waals surface area contributed by atoms with Crippen LogP contribution in [0.1, 0.15) is 54.0 Å². The highest BCUT2D eigenvalue weighted by Crippen LogP contribution is 2.26. The van der Waals surface area contributed by atoms with Crippen LogP contribution in [0.5, 0.6) is 0 Å². The number of benzene rings is 1. The lowest BCUT2D eigenvalue weighted by Crippen LogP contribution is -2.32. The molecule has 21 heavy (non-hydrogen) atoms. The summed E-state index contributed by atoms with van der Waals surface area (Å²) < 4.78 is 65.5. The Bertz CT molecular complexity index is 918. The average molecular weight is 290 g/mol. The van der Waals surface area contributed by atoms with Crippen LogP contribution in [0, 0.1) is 26.0 Å². The van der Waals surface area contributed by atoms with Gasteiger partial charge in [-0.05, 0) is 49.6 Å². The third kappa shape index (κ3) is 3.72. The fraction of sp³-hybridized carbons (Fsp3) is 0.450. The van der Waals surface area contributed by atoms with E-state index in [1.54, 1.807) is 57.6 Å². The minimum absolute atomic E-state index is 0.0372. The highest BCUT2D eigenvalue weighted by molar-refractivity contribution is 5.62. The molecule has 0 aliphatic carbocycles.